The third kappa shape index (κ3) is 4.24. The standard InChI is InChI=1S/C17H17FN2O/c1-13(14-6-8-15(18)9-7-14)11-17(21)20(2)12-16-5-3-4-10-19-16/h3-11H,12H2,1-2H3/b13-11-. The van der Waals surface area contributed by atoms with Crippen LogP contribution < -0.4 is 0 Å². The maximum Gasteiger partial charge on any atom is 0.246 e. The van der Waals surface area contributed by atoms with E-state index in [0.29, 0.717) is 6.54 Å². The molecule has 3 nitrogen and oxygen atoms in total. The Morgan fingerprint density at radius 3 is 2.57 bits per heavy atom. The highest BCUT2D eigenvalue weighted by atomic mass is 19.1. The molecule has 0 aliphatic carbocycles. The molecule has 0 aliphatic heterocycles. The second kappa shape index (κ2) is 6.79. The Hall–Kier alpha value is -2.49. The van der Waals surface area contributed by atoms with Gasteiger partial charge in [-0.05, 0) is 42.3 Å². The molecule has 0 aliphatic rings. The molecular weight excluding hydrogens is 267 g/mol. The summed E-state index contributed by atoms with van der Waals surface area (Å²) < 4.78 is 12.9. The number of aromatic nitrogens is 1. The average Bonchev–Trinajstić information content (AvgIpc) is 2.48. The minimum atomic E-state index is -0.287. The summed E-state index contributed by atoms with van der Waals surface area (Å²) in [7, 11) is 1.73. The van der Waals surface area contributed by atoms with Gasteiger partial charge in [-0.25, -0.2) is 4.39 Å². The molecule has 1 amide bonds. The summed E-state index contributed by atoms with van der Waals surface area (Å²) in [6.07, 6.45) is 3.25. The molecule has 1 aromatic carbocycles. The maximum atomic E-state index is 12.9. The summed E-state index contributed by atoms with van der Waals surface area (Å²) >= 11 is 0. The van der Waals surface area contributed by atoms with Crippen molar-refractivity contribution in [3.05, 3.63) is 71.8 Å². The van der Waals surface area contributed by atoms with Crippen molar-refractivity contribution in [3.63, 3.8) is 0 Å². The van der Waals surface area contributed by atoms with Gasteiger partial charge < -0.3 is 4.90 Å². The van der Waals surface area contributed by atoms with E-state index in [1.165, 1.54) is 12.1 Å². The molecule has 1 aromatic heterocycles. The van der Waals surface area contributed by atoms with E-state index >= 15 is 0 Å². The molecule has 0 saturated heterocycles. The molecule has 1 heterocycles. The van der Waals surface area contributed by atoms with Gasteiger partial charge in [-0.2, -0.15) is 0 Å². The third-order valence-corrected chi connectivity index (χ3v) is 3.14. The lowest BCUT2D eigenvalue weighted by molar-refractivity contribution is -0.125. The van der Waals surface area contributed by atoms with Crippen LogP contribution in [0, 0.1) is 5.82 Å². The SMILES string of the molecule is C/C(=C/C(=O)N(C)Cc1ccccn1)c1ccc(F)cc1. The Morgan fingerprint density at radius 2 is 1.95 bits per heavy atom. The normalized spacial score (nSPS) is 11.3. The third-order valence-electron chi connectivity index (χ3n) is 3.14. The van der Waals surface area contributed by atoms with Crippen molar-refractivity contribution in [2.24, 2.45) is 0 Å². The van der Waals surface area contributed by atoms with Crippen molar-refractivity contribution in [1.29, 1.82) is 0 Å². The molecule has 0 bridgehead atoms. The Morgan fingerprint density at radius 1 is 1.24 bits per heavy atom. The van der Waals surface area contributed by atoms with Crippen molar-refractivity contribution in [2.75, 3.05) is 7.05 Å². The van der Waals surface area contributed by atoms with Crippen molar-refractivity contribution < 1.29 is 9.18 Å². The summed E-state index contributed by atoms with van der Waals surface area (Å²) in [6, 6.07) is 11.7. The van der Waals surface area contributed by atoms with Crippen LogP contribution in [-0.4, -0.2) is 22.8 Å². The molecule has 21 heavy (non-hydrogen) atoms. The smallest absolute Gasteiger partial charge is 0.246 e. The van der Waals surface area contributed by atoms with Crippen LogP contribution in [0.3, 0.4) is 0 Å². The zero-order valence-electron chi connectivity index (χ0n) is 12.1. The first kappa shape index (κ1) is 14.9. The first-order valence-corrected chi connectivity index (χ1v) is 6.65. The van der Waals surface area contributed by atoms with Crippen LogP contribution in [0.4, 0.5) is 4.39 Å². The van der Waals surface area contributed by atoms with E-state index in [0.717, 1.165) is 16.8 Å². The van der Waals surface area contributed by atoms with Gasteiger partial charge in [0.15, 0.2) is 0 Å². The van der Waals surface area contributed by atoms with Crippen LogP contribution in [-0.2, 0) is 11.3 Å². The highest BCUT2D eigenvalue weighted by Gasteiger charge is 2.08. The first-order chi connectivity index (χ1) is 10.1. The molecule has 0 N–H and O–H groups in total. The van der Waals surface area contributed by atoms with E-state index in [1.807, 2.05) is 25.1 Å². The van der Waals surface area contributed by atoms with Gasteiger partial charge >= 0.3 is 0 Å². The number of carbonyl (C=O) groups excluding carboxylic acids is 1. The Labute approximate surface area is 123 Å². The van der Waals surface area contributed by atoms with Crippen molar-refractivity contribution in [3.8, 4) is 0 Å². The number of carbonyl (C=O) groups is 1. The van der Waals surface area contributed by atoms with Gasteiger partial charge in [0.05, 0.1) is 12.2 Å². The van der Waals surface area contributed by atoms with Crippen LogP contribution in [0.2, 0.25) is 0 Å². The number of nitrogens with zero attached hydrogens (tertiary/aromatic N) is 2. The van der Waals surface area contributed by atoms with E-state index in [4.69, 9.17) is 0 Å². The molecule has 0 fully saturated rings. The van der Waals surface area contributed by atoms with E-state index in [1.54, 1.807) is 36.4 Å². The summed E-state index contributed by atoms with van der Waals surface area (Å²) in [5.74, 6) is -0.396. The molecule has 108 valence electrons. The molecule has 2 aromatic rings. The minimum Gasteiger partial charge on any atom is -0.336 e. The van der Waals surface area contributed by atoms with Gasteiger partial charge in [0.1, 0.15) is 5.82 Å². The fourth-order valence-electron chi connectivity index (χ4n) is 1.90. The van der Waals surface area contributed by atoms with E-state index < -0.39 is 0 Å². The van der Waals surface area contributed by atoms with Gasteiger partial charge in [-0.15, -0.1) is 0 Å². The zero-order chi connectivity index (χ0) is 15.2. The molecule has 4 heteroatoms. The molecule has 0 unspecified atom stereocenters. The number of amides is 1. The van der Waals surface area contributed by atoms with Crippen molar-refractivity contribution >= 4 is 11.5 Å². The van der Waals surface area contributed by atoms with Crippen molar-refractivity contribution in [2.45, 2.75) is 13.5 Å². The lowest BCUT2D eigenvalue weighted by Gasteiger charge is -2.15. The summed E-state index contributed by atoms with van der Waals surface area (Å²) in [5, 5.41) is 0. The number of benzene rings is 1. The predicted octanol–water partition coefficient (Wildman–Crippen LogP) is 3.28. The largest absolute Gasteiger partial charge is 0.336 e. The summed E-state index contributed by atoms with van der Waals surface area (Å²) in [5.41, 5.74) is 2.46. The summed E-state index contributed by atoms with van der Waals surface area (Å²) in [6.45, 7) is 2.28. The van der Waals surface area contributed by atoms with Crippen LogP contribution in [0.5, 0.6) is 0 Å². The van der Waals surface area contributed by atoms with Crippen LogP contribution in [0.15, 0.2) is 54.7 Å². The molecule has 0 radical (unpaired) electrons. The Balaban J connectivity index is 2.05. The second-order valence-electron chi connectivity index (χ2n) is 4.85. The first-order valence-electron chi connectivity index (χ1n) is 6.65. The summed E-state index contributed by atoms with van der Waals surface area (Å²) in [4.78, 5) is 17.9. The number of hydrogen-bond donors (Lipinski definition) is 0. The molecule has 0 saturated carbocycles. The lowest BCUT2D eigenvalue weighted by Crippen LogP contribution is -2.24. The average molecular weight is 284 g/mol. The number of allylic oxidation sites excluding steroid dienone is 1. The highest BCUT2D eigenvalue weighted by molar-refractivity contribution is 5.94. The van der Waals surface area contributed by atoms with Gasteiger partial charge in [-0.1, -0.05) is 18.2 Å². The molecule has 2 rings (SSSR count). The molecular formula is C17H17FN2O. The van der Waals surface area contributed by atoms with Crippen molar-refractivity contribution in [1.82, 2.24) is 9.88 Å². The topological polar surface area (TPSA) is 33.2 Å². The quantitative estimate of drug-likeness (QED) is 0.807. The van der Waals surface area contributed by atoms with Gasteiger partial charge in [0.25, 0.3) is 0 Å². The van der Waals surface area contributed by atoms with E-state index in [9.17, 15) is 9.18 Å². The number of pyridine rings is 1. The number of rotatable bonds is 4. The monoisotopic (exact) mass is 284 g/mol. The van der Waals surface area contributed by atoms with E-state index in [2.05, 4.69) is 4.98 Å². The maximum absolute atomic E-state index is 12.9. The number of halogens is 1. The second-order valence-corrected chi connectivity index (χ2v) is 4.85. The lowest BCUT2D eigenvalue weighted by atomic mass is 10.1. The highest BCUT2D eigenvalue weighted by Crippen LogP contribution is 2.14. The molecule has 0 spiro atoms. The Bertz CT molecular complexity index is 636. The number of hydrogen-bond acceptors (Lipinski definition) is 2. The number of likely N-dealkylation sites (N-methyl/N-ethyl adjacent to an activating group) is 1. The fourth-order valence-corrected chi connectivity index (χ4v) is 1.90. The van der Waals surface area contributed by atoms with Gasteiger partial charge in [-0.3, -0.25) is 9.78 Å². The zero-order valence-corrected chi connectivity index (χ0v) is 12.1. The minimum absolute atomic E-state index is 0.109. The van der Waals surface area contributed by atoms with Crippen LogP contribution in [0.25, 0.3) is 5.57 Å². The van der Waals surface area contributed by atoms with E-state index in [-0.39, 0.29) is 11.7 Å². The molecule has 0 atom stereocenters. The fraction of sp³-hybridized carbons (Fsp3) is 0.176. The van der Waals surface area contributed by atoms with Crippen LogP contribution >= 0.6 is 0 Å². The van der Waals surface area contributed by atoms with Crippen LogP contribution in [0.1, 0.15) is 18.2 Å². The predicted molar refractivity (Wildman–Crippen MR) is 80.8 cm³/mol. The van der Waals surface area contributed by atoms with Gasteiger partial charge in [0.2, 0.25) is 5.91 Å². The van der Waals surface area contributed by atoms with Gasteiger partial charge in [0, 0.05) is 19.3 Å². The Kier molecular flexibility index (Phi) is 4.82.